The summed E-state index contributed by atoms with van der Waals surface area (Å²) in [6.07, 6.45) is 0. The van der Waals surface area contributed by atoms with Crippen LogP contribution in [-0.4, -0.2) is 46.8 Å². The van der Waals surface area contributed by atoms with E-state index in [-0.39, 0.29) is 30.5 Å². The lowest BCUT2D eigenvalue weighted by molar-refractivity contribution is -0.118. The largest absolute Gasteiger partial charge is 0.395 e. The first-order valence-corrected chi connectivity index (χ1v) is 6.86. The van der Waals surface area contributed by atoms with E-state index >= 15 is 0 Å². The van der Waals surface area contributed by atoms with E-state index in [1.54, 1.807) is 6.07 Å². The second-order valence-electron chi connectivity index (χ2n) is 6.16. The van der Waals surface area contributed by atoms with Crippen LogP contribution in [0.2, 0.25) is 0 Å². The SMILES string of the molecule is CC(C)N(CCO)CC(=O)Nc1cc(C(C)(C)C)no1. The van der Waals surface area contributed by atoms with Gasteiger partial charge in [0.15, 0.2) is 0 Å². The van der Waals surface area contributed by atoms with Crippen LogP contribution in [0.1, 0.15) is 40.3 Å². The molecule has 2 N–H and O–H groups in total. The zero-order chi connectivity index (χ0) is 15.3. The molecule has 1 rings (SSSR count). The number of anilines is 1. The molecule has 0 spiro atoms. The maximum atomic E-state index is 11.9. The molecule has 20 heavy (non-hydrogen) atoms. The Morgan fingerprint density at radius 2 is 2.15 bits per heavy atom. The molecule has 0 aliphatic heterocycles. The van der Waals surface area contributed by atoms with E-state index in [9.17, 15) is 4.79 Å². The fourth-order valence-electron chi connectivity index (χ4n) is 1.70. The van der Waals surface area contributed by atoms with Gasteiger partial charge in [-0.1, -0.05) is 25.9 Å². The lowest BCUT2D eigenvalue weighted by Gasteiger charge is -2.24. The first kappa shape index (κ1) is 16.7. The topological polar surface area (TPSA) is 78.6 Å². The minimum atomic E-state index is -0.177. The second kappa shape index (κ2) is 6.85. The molecule has 0 radical (unpaired) electrons. The van der Waals surface area contributed by atoms with Crippen LogP contribution in [0.5, 0.6) is 0 Å². The molecule has 1 aromatic heterocycles. The minimum absolute atomic E-state index is 0.0297. The van der Waals surface area contributed by atoms with Crippen molar-refractivity contribution in [2.45, 2.75) is 46.1 Å². The van der Waals surface area contributed by atoms with Crippen LogP contribution < -0.4 is 5.32 Å². The van der Waals surface area contributed by atoms with Crippen molar-refractivity contribution < 1.29 is 14.4 Å². The van der Waals surface area contributed by atoms with E-state index in [4.69, 9.17) is 9.63 Å². The van der Waals surface area contributed by atoms with E-state index in [1.807, 2.05) is 39.5 Å². The highest BCUT2D eigenvalue weighted by Gasteiger charge is 2.20. The highest BCUT2D eigenvalue weighted by molar-refractivity contribution is 5.91. The van der Waals surface area contributed by atoms with Gasteiger partial charge in [0.1, 0.15) is 0 Å². The Morgan fingerprint density at radius 1 is 1.50 bits per heavy atom. The average molecular weight is 283 g/mol. The van der Waals surface area contributed by atoms with Crippen LogP contribution in [0.25, 0.3) is 0 Å². The summed E-state index contributed by atoms with van der Waals surface area (Å²) >= 11 is 0. The maximum Gasteiger partial charge on any atom is 0.240 e. The fraction of sp³-hybridized carbons (Fsp3) is 0.714. The van der Waals surface area contributed by atoms with Crippen LogP contribution in [0.3, 0.4) is 0 Å². The Morgan fingerprint density at radius 3 is 2.60 bits per heavy atom. The van der Waals surface area contributed by atoms with Crippen molar-refractivity contribution in [3.63, 3.8) is 0 Å². The van der Waals surface area contributed by atoms with Gasteiger partial charge in [0.25, 0.3) is 0 Å². The lowest BCUT2D eigenvalue weighted by Crippen LogP contribution is -2.39. The summed E-state index contributed by atoms with van der Waals surface area (Å²) in [5, 5.41) is 15.6. The van der Waals surface area contributed by atoms with E-state index < -0.39 is 0 Å². The quantitative estimate of drug-likeness (QED) is 0.829. The summed E-state index contributed by atoms with van der Waals surface area (Å²) in [5.41, 5.74) is 0.678. The molecule has 0 fully saturated rings. The predicted molar refractivity (Wildman–Crippen MR) is 77.6 cm³/mol. The summed E-state index contributed by atoms with van der Waals surface area (Å²) in [5.74, 6) is 0.177. The zero-order valence-electron chi connectivity index (χ0n) is 12.9. The van der Waals surface area contributed by atoms with E-state index in [2.05, 4.69) is 10.5 Å². The first-order chi connectivity index (χ1) is 9.24. The summed E-state index contributed by atoms with van der Waals surface area (Å²) in [7, 11) is 0. The number of hydrogen-bond donors (Lipinski definition) is 2. The van der Waals surface area contributed by atoms with E-state index in [1.165, 1.54) is 0 Å². The van der Waals surface area contributed by atoms with Crippen LogP contribution >= 0.6 is 0 Å². The van der Waals surface area contributed by atoms with Crippen LogP contribution in [0.15, 0.2) is 10.6 Å². The van der Waals surface area contributed by atoms with Crippen molar-refractivity contribution in [3.8, 4) is 0 Å². The van der Waals surface area contributed by atoms with Gasteiger partial charge in [-0.3, -0.25) is 15.0 Å². The van der Waals surface area contributed by atoms with Crippen LogP contribution in [0, 0.1) is 0 Å². The smallest absolute Gasteiger partial charge is 0.240 e. The molecular formula is C14H25N3O3. The average Bonchev–Trinajstić information content (AvgIpc) is 2.76. The number of aliphatic hydroxyl groups excluding tert-OH is 1. The molecule has 1 amide bonds. The number of aromatic nitrogens is 1. The van der Waals surface area contributed by atoms with Crippen molar-refractivity contribution >= 4 is 11.8 Å². The predicted octanol–water partition coefficient (Wildman–Crippen LogP) is 1.61. The number of aliphatic hydroxyl groups is 1. The third kappa shape index (κ3) is 4.94. The number of hydrogen-bond acceptors (Lipinski definition) is 5. The molecule has 1 aromatic rings. The van der Waals surface area contributed by atoms with E-state index in [0.717, 1.165) is 5.69 Å². The maximum absolute atomic E-state index is 11.9. The zero-order valence-corrected chi connectivity index (χ0v) is 12.9. The van der Waals surface area contributed by atoms with Gasteiger partial charge in [-0.25, -0.2) is 0 Å². The highest BCUT2D eigenvalue weighted by atomic mass is 16.5. The minimum Gasteiger partial charge on any atom is -0.395 e. The van der Waals surface area contributed by atoms with Gasteiger partial charge in [0.2, 0.25) is 11.8 Å². The third-order valence-corrected chi connectivity index (χ3v) is 3.01. The number of carbonyl (C=O) groups is 1. The van der Waals surface area contributed by atoms with Crippen molar-refractivity contribution in [1.82, 2.24) is 10.1 Å². The number of carbonyl (C=O) groups excluding carboxylic acids is 1. The van der Waals surface area contributed by atoms with Gasteiger partial charge in [0, 0.05) is 24.1 Å². The van der Waals surface area contributed by atoms with Gasteiger partial charge in [-0.2, -0.15) is 0 Å². The molecule has 1 heterocycles. The van der Waals surface area contributed by atoms with E-state index in [0.29, 0.717) is 12.4 Å². The fourth-order valence-corrected chi connectivity index (χ4v) is 1.70. The number of rotatable bonds is 6. The number of amides is 1. The standard InChI is InChI=1S/C14H25N3O3/c1-10(2)17(6-7-18)9-12(19)15-13-8-11(16-20-13)14(3,4)5/h8,10,18H,6-7,9H2,1-5H3,(H,15,19). The molecule has 0 aliphatic rings. The van der Waals surface area contributed by atoms with Gasteiger partial charge in [-0.05, 0) is 13.8 Å². The molecule has 0 aliphatic carbocycles. The van der Waals surface area contributed by atoms with Crippen LogP contribution in [0.4, 0.5) is 5.88 Å². The van der Waals surface area contributed by atoms with Gasteiger partial charge >= 0.3 is 0 Å². The molecule has 0 saturated heterocycles. The van der Waals surface area contributed by atoms with Crippen molar-refractivity contribution in [2.75, 3.05) is 25.0 Å². The monoisotopic (exact) mass is 283 g/mol. The van der Waals surface area contributed by atoms with Gasteiger partial charge < -0.3 is 9.63 Å². The Bertz CT molecular complexity index is 435. The molecule has 0 saturated carbocycles. The normalized spacial score (nSPS) is 12.2. The third-order valence-electron chi connectivity index (χ3n) is 3.01. The van der Waals surface area contributed by atoms with Crippen molar-refractivity contribution in [1.29, 1.82) is 0 Å². The molecule has 0 unspecified atom stereocenters. The summed E-state index contributed by atoms with van der Waals surface area (Å²) in [6.45, 7) is 10.7. The first-order valence-electron chi connectivity index (χ1n) is 6.86. The summed E-state index contributed by atoms with van der Waals surface area (Å²) < 4.78 is 5.11. The molecule has 6 nitrogen and oxygen atoms in total. The number of nitrogens with one attached hydrogen (secondary N) is 1. The molecular weight excluding hydrogens is 258 g/mol. The second-order valence-corrected chi connectivity index (χ2v) is 6.16. The summed E-state index contributed by atoms with van der Waals surface area (Å²) in [4.78, 5) is 13.8. The summed E-state index contributed by atoms with van der Waals surface area (Å²) in [6, 6.07) is 1.93. The Balaban J connectivity index is 2.60. The van der Waals surface area contributed by atoms with Crippen molar-refractivity contribution in [2.24, 2.45) is 0 Å². The lowest BCUT2D eigenvalue weighted by atomic mass is 9.92. The molecule has 0 aromatic carbocycles. The van der Waals surface area contributed by atoms with Gasteiger partial charge in [-0.15, -0.1) is 0 Å². The molecule has 0 bridgehead atoms. The molecule has 0 atom stereocenters. The molecule has 6 heteroatoms. The number of nitrogens with zero attached hydrogens (tertiary/aromatic N) is 2. The highest BCUT2D eigenvalue weighted by Crippen LogP contribution is 2.23. The van der Waals surface area contributed by atoms with Crippen molar-refractivity contribution in [3.05, 3.63) is 11.8 Å². The van der Waals surface area contributed by atoms with Gasteiger partial charge in [0.05, 0.1) is 18.8 Å². The molecule has 114 valence electrons. The van der Waals surface area contributed by atoms with Crippen LogP contribution in [-0.2, 0) is 10.2 Å². The Labute approximate surface area is 120 Å². The Kier molecular flexibility index (Phi) is 5.71. The Hall–Kier alpha value is -1.40.